The molecule has 3 nitrogen and oxygen atoms in total. The summed E-state index contributed by atoms with van der Waals surface area (Å²) in [6.45, 7) is 6.56. The predicted octanol–water partition coefficient (Wildman–Crippen LogP) is 4.89. The molecular weight excluding hydrogens is 288 g/mol. The van der Waals surface area contributed by atoms with Crippen molar-refractivity contribution in [1.82, 2.24) is 0 Å². The zero-order valence-electron chi connectivity index (χ0n) is 13.9. The van der Waals surface area contributed by atoms with Crippen LogP contribution in [0, 0.1) is 5.92 Å². The molecule has 1 heterocycles. The molecule has 3 rings (SSSR count). The summed E-state index contributed by atoms with van der Waals surface area (Å²) in [6, 6.07) is 12.4. The first-order chi connectivity index (χ1) is 11.1. The van der Waals surface area contributed by atoms with Gasteiger partial charge in [0.2, 0.25) is 0 Å². The highest BCUT2D eigenvalue weighted by molar-refractivity contribution is 6.05. The second-order valence-electron chi connectivity index (χ2n) is 6.25. The monoisotopic (exact) mass is 310 g/mol. The molecule has 0 radical (unpaired) electrons. The van der Waals surface area contributed by atoms with Crippen LogP contribution >= 0.6 is 0 Å². The van der Waals surface area contributed by atoms with Crippen molar-refractivity contribution >= 4 is 27.7 Å². The lowest BCUT2D eigenvalue weighted by atomic mass is 9.97. The second-order valence-corrected chi connectivity index (χ2v) is 6.25. The van der Waals surface area contributed by atoms with E-state index in [1.165, 1.54) is 0 Å². The maximum Gasteiger partial charge on any atom is 0.313 e. The zero-order valence-corrected chi connectivity index (χ0v) is 13.9. The molecule has 2 aromatic carbocycles. The van der Waals surface area contributed by atoms with Gasteiger partial charge in [-0.25, -0.2) is 0 Å². The Hall–Kier alpha value is -2.29. The fourth-order valence-corrected chi connectivity index (χ4v) is 3.04. The largest absolute Gasteiger partial charge is 0.466 e. The molecule has 23 heavy (non-hydrogen) atoms. The van der Waals surface area contributed by atoms with E-state index in [0.29, 0.717) is 12.5 Å². The Labute approximate surface area is 136 Å². The van der Waals surface area contributed by atoms with Crippen LogP contribution in [0.4, 0.5) is 0 Å². The number of ether oxygens (including phenoxy) is 1. The number of hydrogen-bond acceptors (Lipinski definition) is 3. The predicted molar refractivity (Wildman–Crippen MR) is 92.6 cm³/mol. The van der Waals surface area contributed by atoms with Gasteiger partial charge in [-0.3, -0.25) is 4.79 Å². The molecule has 0 saturated carbocycles. The van der Waals surface area contributed by atoms with Crippen LogP contribution in [0.25, 0.3) is 21.7 Å². The lowest BCUT2D eigenvalue weighted by Gasteiger charge is -2.06. The van der Waals surface area contributed by atoms with Crippen molar-refractivity contribution in [3.05, 3.63) is 47.7 Å². The third-order valence-corrected chi connectivity index (χ3v) is 3.99. The third kappa shape index (κ3) is 3.09. The summed E-state index contributed by atoms with van der Waals surface area (Å²) in [7, 11) is 0. The molecule has 0 N–H and O–H groups in total. The Kier molecular flexibility index (Phi) is 4.37. The van der Waals surface area contributed by atoms with E-state index in [4.69, 9.17) is 9.15 Å². The van der Waals surface area contributed by atoms with E-state index in [1.54, 1.807) is 0 Å². The van der Waals surface area contributed by atoms with E-state index in [1.807, 2.05) is 19.1 Å². The Balaban J connectivity index is 2.16. The molecule has 1 aromatic heterocycles. The topological polar surface area (TPSA) is 39.4 Å². The smallest absolute Gasteiger partial charge is 0.313 e. The number of hydrogen-bond donors (Lipinski definition) is 0. The zero-order chi connectivity index (χ0) is 16.4. The molecule has 0 atom stereocenters. The Morgan fingerprint density at radius 3 is 2.65 bits per heavy atom. The van der Waals surface area contributed by atoms with E-state index < -0.39 is 0 Å². The second kappa shape index (κ2) is 6.45. The Bertz CT molecular complexity index is 843. The summed E-state index contributed by atoms with van der Waals surface area (Å²) in [6.07, 6.45) is 1.08. The summed E-state index contributed by atoms with van der Waals surface area (Å²) < 4.78 is 11.2. The van der Waals surface area contributed by atoms with Gasteiger partial charge in [-0.2, -0.15) is 0 Å². The number of carbonyl (C=O) groups is 1. The fraction of sp³-hybridized carbons (Fsp3) is 0.350. The lowest BCUT2D eigenvalue weighted by molar-refractivity contribution is -0.142. The van der Waals surface area contributed by atoms with Gasteiger partial charge in [-0.1, -0.05) is 50.2 Å². The summed E-state index contributed by atoms with van der Waals surface area (Å²) in [5, 5.41) is 3.34. The summed E-state index contributed by atoms with van der Waals surface area (Å²) in [5.74, 6) is 0.993. The van der Waals surface area contributed by atoms with E-state index in [2.05, 4.69) is 38.1 Å². The van der Waals surface area contributed by atoms with Gasteiger partial charge in [0.1, 0.15) is 17.8 Å². The molecule has 0 bridgehead atoms. The Morgan fingerprint density at radius 2 is 1.91 bits per heavy atom. The van der Waals surface area contributed by atoms with Crippen molar-refractivity contribution in [2.45, 2.75) is 33.6 Å². The van der Waals surface area contributed by atoms with Crippen LogP contribution in [0.1, 0.15) is 32.1 Å². The van der Waals surface area contributed by atoms with E-state index in [9.17, 15) is 4.79 Å². The molecule has 3 aromatic rings. The molecule has 3 heteroatoms. The fourth-order valence-electron chi connectivity index (χ4n) is 3.04. The average Bonchev–Trinajstić information content (AvgIpc) is 2.85. The van der Waals surface area contributed by atoms with Gasteiger partial charge >= 0.3 is 5.97 Å². The van der Waals surface area contributed by atoms with Crippen LogP contribution in [-0.4, -0.2) is 12.6 Å². The number of fused-ring (bicyclic) bond motifs is 3. The molecule has 0 aliphatic carbocycles. The quantitative estimate of drug-likeness (QED) is 0.630. The first-order valence-electron chi connectivity index (χ1n) is 8.17. The lowest BCUT2D eigenvalue weighted by Crippen LogP contribution is -2.09. The van der Waals surface area contributed by atoms with E-state index in [-0.39, 0.29) is 12.4 Å². The first-order valence-corrected chi connectivity index (χ1v) is 8.17. The Morgan fingerprint density at radius 1 is 1.13 bits per heavy atom. The van der Waals surface area contributed by atoms with Crippen LogP contribution in [0.2, 0.25) is 0 Å². The maximum absolute atomic E-state index is 11.9. The highest BCUT2D eigenvalue weighted by Crippen LogP contribution is 2.33. The summed E-state index contributed by atoms with van der Waals surface area (Å²) in [5.41, 5.74) is 2.01. The van der Waals surface area contributed by atoms with Crippen LogP contribution in [0.5, 0.6) is 0 Å². The first kappa shape index (κ1) is 15.6. The van der Waals surface area contributed by atoms with Crippen LogP contribution in [0.15, 0.2) is 40.8 Å². The van der Waals surface area contributed by atoms with Crippen molar-refractivity contribution in [2.75, 3.05) is 6.61 Å². The van der Waals surface area contributed by atoms with Crippen LogP contribution < -0.4 is 0 Å². The number of carbonyl (C=O) groups excluding carboxylic acids is 1. The summed E-state index contributed by atoms with van der Waals surface area (Å²) >= 11 is 0. The normalized spacial score (nSPS) is 11.5. The molecule has 0 aliphatic heterocycles. The number of rotatable bonds is 5. The van der Waals surface area contributed by atoms with Crippen LogP contribution in [0.3, 0.4) is 0 Å². The minimum absolute atomic E-state index is 0.193. The van der Waals surface area contributed by atoms with Gasteiger partial charge in [0, 0.05) is 16.3 Å². The summed E-state index contributed by atoms with van der Waals surface area (Å²) in [4.78, 5) is 11.9. The van der Waals surface area contributed by atoms with Crippen molar-refractivity contribution in [3.63, 3.8) is 0 Å². The van der Waals surface area contributed by atoms with Gasteiger partial charge in [-0.15, -0.1) is 0 Å². The molecular formula is C20H22O3. The molecule has 0 amide bonds. The molecule has 0 spiro atoms. The minimum atomic E-state index is -0.235. The number of esters is 1. The number of furan rings is 1. The van der Waals surface area contributed by atoms with E-state index >= 15 is 0 Å². The third-order valence-electron chi connectivity index (χ3n) is 3.99. The van der Waals surface area contributed by atoms with Gasteiger partial charge < -0.3 is 9.15 Å². The van der Waals surface area contributed by atoms with Crippen molar-refractivity contribution in [3.8, 4) is 0 Å². The van der Waals surface area contributed by atoms with Crippen molar-refractivity contribution < 1.29 is 13.9 Å². The standard InChI is InChI=1S/C20H22O3/c1-4-22-19(21)12-18-17(11-13(2)3)16-10-9-14-7-5-6-8-15(14)20(16)23-18/h5-10,13H,4,11-12H2,1-3H3. The van der Waals surface area contributed by atoms with Crippen molar-refractivity contribution in [1.29, 1.82) is 0 Å². The molecule has 0 fully saturated rings. The average molecular weight is 310 g/mol. The highest BCUT2D eigenvalue weighted by Gasteiger charge is 2.19. The van der Waals surface area contributed by atoms with Gasteiger partial charge in [0.05, 0.1) is 6.61 Å². The van der Waals surface area contributed by atoms with E-state index in [0.717, 1.165) is 39.5 Å². The molecule has 0 unspecified atom stereocenters. The van der Waals surface area contributed by atoms with Gasteiger partial charge in [-0.05, 0) is 24.6 Å². The SMILES string of the molecule is CCOC(=O)Cc1oc2c(ccc3ccccc32)c1CC(C)C. The molecule has 0 saturated heterocycles. The minimum Gasteiger partial charge on any atom is -0.466 e. The maximum atomic E-state index is 11.9. The molecule has 0 aliphatic rings. The number of benzene rings is 2. The molecule has 120 valence electrons. The van der Waals surface area contributed by atoms with Crippen LogP contribution in [-0.2, 0) is 22.4 Å². The van der Waals surface area contributed by atoms with Gasteiger partial charge in [0.15, 0.2) is 0 Å². The van der Waals surface area contributed by atoms with Crippen molar-refractivity contribution in [2.24, 2.45) is 5.92 Å². The van der Waals surface area contributed by atoms with Gasteiger partial charge in [0.25, 0.3) is 0 Å². The highest BCUT2D eigenvalue weighted by atomic mass is 16.5.